The van der Waals surface area contributed by atoms with E-state index >= 15 is 0 Å². The molecule has 0 aliphatic heterocycles. The van der Waals surface area contributed by atoms with Crippen LogP contribution < -0.4 is 16.0 Å². The normalized spacial score (nSPS) is 9.84. The first-order valence-electron chi connectivity index (χ1n) is 8.00. The molecule has 0 unspecified atom stereocenters. The molecule has 136 valence electrons. The predicted molar refractivity (Wildman–Crippen MR) is 92.0 cm³/mol. The van der Waals surface area contributed by atoms with Crippen LogP contribution in [0.5, 0.6) is 0 Å². The van der Waals surface area contributed by atoms with Crippen LogP contribution in [0.15, 0.2) is 24.3 Å². The van der Waals surface area contributed by atoms with Gasteiger partial charge in [-0.25, -0.2) is 0 Å². The monoisotopic (exact) mass is 349 g/mol. The molecule has 0 aliphatic rings. The Hall–Kier alpha value is -2.90. The van der Waals surface area contributed by atoms with Crippen LogP contribution in [-0.2, 0) is 19.1 Å². The number of ether oxygens (including phenoxy) is 1. The number of hydrogen-bond donors (Lipinski definition) is 3. The average Bonchev–Trinajstić information content (AvgIpc) is 2.56. The zero-order valence-electron chi connectivity index (χ0n) is 14.4. The van der Waals surface area contributed by atoms with E-state index in [1.807, 2.05) is 0 Å². The Balaban J connectivity index is 2.29. The van der Waals surface area contributed by atoms with Crippen molar-refractivity contribution in [3.63, 3.8) is 0 Å². The van der Waals surface area contributed by atoms with Gasteiger partial charge in [-0.15, -0.1) is 0 Å². The van der Waals surface area contributed by atoms with E-state index in [1.54, 1.807) is 31.2 Å². The average molecular weight is 349 g/mol. The summed E-state index contributed by atoms with van der Waals surface area (Å²) in [7, 11) is 0. The second-order valence-corrected chi connectivity index (χ2v) is 5.17. The van der Waals surface area contributed by atoms with E-state index < -0.39 is 5.97 Å². The van der Waals surface area contributed by atoms with Crippen molar-refractivity contribution in [2.45, 2.75) is 26.7 Å². The molecule has 0 saturated carbocycles. The maximum absolute atomic E-state index is 12.0. The molecule has 0 heterocycles. The van der Waals surface area contributed by atoms with Crippen molar-refractivity contribution in [1.82, 2.24) is 10.6 Å². The van der Waals surface area contributed by atoms with Crippen LogP contribution in [-0.4, -0.2) is 43.4 Å². The van der Waals surface area contributed by atoms with Crippen LogP contribution in [0.4, 0.5) is 5.69 Å². The van der Waals surface area contributed by atoms with E-state index in [2.05, 4.69) is 16.0 Å². The van der Waals surface area contributed by atoms with Gasteiger partial charge in [0.1, 0.15) is 0 Å². The van der Waals surface area contributed by atoms with Gasteiger partial charge in [-0.1, -0.05) is 6.07 Å². The molecular formula is C17H23N3O5. The molecule has 0 spiro atoms. The van der Waals surface area contributed by atoms with Crippen LogP contribution in [0.1, 0.15) is 37.0 Å². The number of carbonyl (C=O) groups is 4. The molecule has 8 nitrogen and oxygen atoms in total. The minimum absolute atomic E-state index is 0.0297. The van der Waals surface area contributed by atoms with Crippen molar-refractivity contribution in [3.05, 3.63) is 29.8 Å². The van der Waals surface area contributed by atoms with Crippen molar-refractivity contribution in [2.75, 3.05) is 25.0 Å². The highest BCUT2D eigenvalue weighted by atomic mass is 16.5. The number of esters is 1. The minimum Gasteiger partial charge on any atom is -0.466 e. The smallest absolute Gasteiger partial charge is 0.306 e. The van der Waals surface area contributed by atoms with E-state index in [9.17, 15) is 19.2 Å². The molecule has 1 aromatic carbocycles. The molecule has 0 fully saturated rings. The molecule has 0 radical (unpaired) electrons. The van der Waals surface area contributed by atoms with E-state index in [-0.39, 0.29) is 50.3 Å². The van der Waals surface area contributed by atoms with Gasteiger partial charge < -0.3 is 20.7 Å². The Labute approximate surface area is 146 Å². The standard InChI is InChI=1S/C17H23N3O5/c1-3-25-16(23)8-7-15(22)18-9-10-19-17(24)13-5-4-6-14(11-13)20-12(2)21/h4-6,11H,3,7-10H2,1-2H3,(H,18,22)(H,19,24)(H,20,21). The molecule has 1 rings (SSSR count). The maximum atomic E-state index is 12.0. The lowest BCUT2D eigenvalue weighted by Crippen LogP contribution is -2.34. The third kappa shape index (κ3) is 8.50. The summed E-state index contributed by atoms with van der Waals surface area (Å²) in [6.07, 6.45) is 0.0769. The third-order valence-electron chi connectivity index (χ3n) is 3.04. The predicted octanol–water partition coefficient (Wildman–Crippen LogP) is 0.834. The van der Waals surface area contributed by atoms with Gasteiger partial charge in [-0.05, 0) is 25.1 Å². The third-order valence-corrected chi connectivity index (χ3v) is 3.04. The quantitative estimate of drug-likeness (QED) is 0.451. The number of carbonyl (C=O) groups excluding carboxylic acids is 4. The number of hydrogen-bond acceptors (Lipinski definition) is 5. The fraction of sp³-hybridized carbons (Fsp3) is 0.412. The van der Waals surface area contributed by atoms with Crippen LogP contribution in [0.25, 0.3) is 0 Å². The molecular weight excluding hydrogens is 326 g/mol. The Bertz CT molecular complexity index is 630. The van der Waals surface area contributed by atoms with Crippen molar-refractivity contribution in [3.8, 4) is 0 Å². The molecule has 3 N–H and O–H groups in total. The molecule has 0 bridgehead atoms. The van der Waals surface area contributed by atoms with Gasteiger partial charge in [0.25, 0.3) is 5.91 Å². The maximum Gasteiger partial charge on any atom is 0.306 e. The largest absolute Gasteiger partial charge is 0.466 e. The second-order valence-electron chi connectivity index (χ2n) is 5.17. The van der Waals surface area contributed by atoms with Crippen LogP contribution in [0.2, 0.25) is 0 Å². The highest BCUT2D eigenvalue weighted by Gasteiger charge is 2.08. The summed E-state index contributed by atoms with van der Waals surface area (Å²) in [6.45, 7) is 3.87. The summed E-state index contributed by atoms with van der Waals surface area (Å²) < 4.78 is 4.73. The summed E-state index contributed by atoms with van der Waals surface area (Å²) in [5.74, 6) is -1.23. The van der Waals surface area contributed by atoms with E-state index in [0.29, 0.717) is 11.3 Å². The Morgan fingerprint density at radius 3 is 2.44 bits per heavy atom. The molecule has 25 heavy (non-hydrogen) atoms. The topological polar surface area (TPSA) is 114 Å². The minimum atomic E-state index is -0.412. The summed E-state index contributed by atoms with van der Waals surface area (Å²) in [5, 5.41) is 7.87. The van der Waals surface area contributed by atoms with Gasteiger partial charge in [0.05, 0.1) is 13.0 Å². The first-order valence-corrected chi connectivity index (χ1v) is 8.00. The van der Waals surface area contributed by atoms with Gasteiger partial charge in [-0.3, -0.25) is 19.2 Å². The SMILES string of the molecule is CCOC(=O)CCC(=O)NCCNC(=O)c1cccc(NC(C)=O)c1. The number of nitrogens with one attached hydrogen (secondary N) is 3. The van der Waals surface area contributed by atoms with Crippen molar-refractivity contribution in [2.24, 2.45) is 0 Å². The Kier molecular flexibility index (Phi) is 8.70. The lowest BCUT2D eigenvalue weighted by molar-refractivity contribution is -0.144. The number of rotatable bonds is 9. The van der Waals surface area contributed by atoms with Gasteiger partial charge in [0.15, 0.2) is 0 Å². The molecule has 8 heteroatoms. The van der Waals surface area contributed by atoms with Crippen LogP contribution >= 0.6 is 0 Å². The summed E-state index contributed by atoms with van der Waals surface area (Å²) >= 11 is 0. The molecule has 0 atom stereocenters. The van der Waals surface area contributed by atoms with E-state index in [1.165, 1.54) is 6.92 Å². The van der Waals surface area contributed by atoms with Crippen LogP contribution in [0.3, 0.4) is 0 Å². The van der Waals surface area contributed by atoms with Crippen molar-refractivity contribution < 1.29 is 23.9 Å². The summed E-state index contributed by atoms with van der Waals surface area (Å²) in [6, 6.07) is 6.53. The van der Waals surface area contributed by atoms with E-state index in [4.69, 9.17) is 4.74 Å². The van der Waals surface area contributed by atoms with Crippen molar-refractivity contribution in [1.29, 1.82) is 0 Å². The van der Waals surface area contributed by atoms with Gasteiger partial charge in [0.2, 0.25) is 11.8 Å². The highest BCUT2D eigenvalue weighted by molar-refractivity contribution is 5.96. The number of anilines is 1. The first-order chi connectivity index (χ1) is 11.9. The van der Waals surface area contributed by atoms with Crippen LogP contribution in [0, 0.1) is 0 Å². The molecule has 0 saturated heterocycles. The number of benzene rings is 1. The zero-order valence-corrected chi connectivity index (χ0v) is 14.4. The molecule has 0 aromatic heterocycles. The fourth-order valence-corrected chi connectivity index (χ4v) is 1.96. The van der Waals surface area contributed by atoms with Gasteiger partial charge >= 0.3 is 5.97 Å². The first kappa shape index (κ1) is 20.1. The highest BCUT2D eigenvalue weighted by Crippen LogP contribution is 2.10. The number of amides is 3. The summed E-state index contributed by atoms with van der Waals surface area (Å²) in [4.78, 5) is 45.7. The Morgan fingerprint density at radius 2 is 1.76 bits per heavy atom. The fourth-order valence-electron chi connectivity index (χ4n) is 1.96. The van der Waals surface area contributed by atoms with E-state index in [0.717, 1.165) is 0 Å². The van der Waals surface area contributed by atoms with Crippen molar-refractivity contribution >= 4 is 29.4 Å². The molecule has 1 aromatic rings. The zero-order chi connectivity index (χ0) is 18.7. The Morgan fingerprint density at radius 1 is 1.04 bits per heavy atom. The summed E-state index contributed by atoms with van der Waals surface area (Å²) in [5.41, 5.74) is 0.937. The second kappa shape index (κ2) is 10.8. The lowest BCUT2D eigenvalue weighted by atomic mass is 10.2. The van der Waals surface area contributed by atoms with Gasteiger partial charge in [0, 0.05) is 37.7 Å². The van der Waals surface area contributed by atoms with Gasteiger partial charge in [-0.2, -0.15) is 0 Å². The molecule has 0 aliphatic carbocycles. The molecule has 3 amide bonds. The lowest BCUT2D eigenvalue weighted by Gasteiger charge is -2.08.